The summed E-state index contributed by atoms with van der Waals surface area (Å²) in [5, 5.41) is 8.62. The zero-order valence-corrected chi connectivity index (χ0v) is 6.74. The molecule has 0 fully saturated rings. The molecule has 0 unspecified atom stereocenters. The first-order chi connectivity index (χ1) is 5.16. The molecule has 1 aromatic heterocycles. The van der Waals surface area contributed by atoms with Gasteiger partial charge in [-0.3, -0.25) is 14.2 Å². The van der Waals surface area contributed by atoms with Crippen molar-refractivity contribution in [3.63, 3.8) is 0 Å². The Morgan fingerprint density at radius 3 is 2.45 bits per heavy atom. The highest BCUT2D eigenvalue weighted by atomic mass is 16.3. The van der Waals surface area contributed by atoms with E-state index in [4.69, 9.17) is 5.11 Å². The molecule has 0 radical (unpaired) electrons. The van der Waals surface area contributed by atoms with Crippen molar-refractivity contribution in [2.24, 2.45) is 14.1 Å². The van der Waals surface area contributed by atoms with Gasteiger partial charge in [0.2, 0.25) is 0 Å². The van der Waals surface area contributed by atoms with Gasteiger partial charge in [-0.1, -0.05) is 0 Å². The van der Waals surface area contributed by atoms with Crippen molar-refractivity contribution in [2.75, 3.05) is 6.61 Å². The van der Waals surface area contributed by atoms with Crippen molar-refractivity contribution in [2.45, 2.75) is 6.42 Å². The summed E-state index contributed by atoms with van der Waals surface area (Å²) in [4.78, 5) is 11.0. The summed E-state index contributed by atoms with van der Waals surface area (Å²) in [5.74, 6) is 0. The van der Waals surface area contributed by atoms with Gasteiger partial charge in [0.15, 0.2) is 0 Å². The summed E-state index contributed by atoms with van der Waals surface area (Å²) in [5.41, 5.74) is 0.830. The fourth-order valence-corrected chi connectivity index (χ4v) is 1.02. The van der Waals surface area contributed by atoms with Gasteiger partial charge >= 0.3 is 0 Å². The van der Waals surface area contributed by atoms with E-state index in [1.807, 2.05) is 0 Å². The summed E-state index contributed by atoms with van der Waals surface area (Å²) in [7, 11) is 3.50. The largest absolute Gasteiger partial charge is 0.396 e. The van der Waals surface area contributed by atoms with Crippen LogP contribution in [0.1, 0.15) is 5.69 Å². The van der Waals surface area contributed by atoms with E-state index in [9.17, 15) is 4.79 Å². The van der Waals surface area contributed by atoms with E-state index in [0.717, 1.165) is 5.69 Å². The molecule has 0 saturated heterocycles. The first kappa shape index (κ1) is 8.07. The molecule has 4 nitrogen and oxygen atoms in total. The lowest BCUT2D eigenvalue weighted by Crippen LogP contribution is -2.17. The lowest BCUT2D eigenvalue weighted by Gasteiger charge is -2.02. The Morgan fingerprint density at radius 1 is 1.45 bits per heavy atom. The predicted octanol–water partition coefficient (Wildman–Crippen LogP) is -0.741. The first-order valence-corrected chi connectivity index (χ1v) is 3.49. The number of hydrogen-bond acceptors (Lipinski definition) is 2. The molecule has 11 heavy (non-hydrogen) atoms. The smallest absolute Gasteiger partial charge is 0.266 e. The number of nitrogens with zero attached hydrogens (tertiary/aromatic N) is 2. The van der Waals surface area contributed by atoms with Crippen LogP contribution in [0.4, 0.5) is 0 Å². The van der Waals surface area contributed by atoms with Gasteiger partial charge in [-0.2, -0.15) is 0 Å². The maximum atomic E-state index is 11.0. The van der Waals surface area contributed by atoms with Crippen LogP contribution in [0.25, 0.3) is 0 Å². The third-order valence-corrected chi connectivity index (χ3v) is 1.84. The zero-order valence-electron chi connectivity index (χ0n) is 6.74. The predicted molar refractivity (Wildman–Crippen MR) is 41.4 cm³/mol. The molecule has 0 aliphatic carbocycles. The van der Waals surface area contributed by atoms with Crippen LogP contribution in [-0.2, 0) is 20.5 Å². The third-order valence-electron chi connectivity index (χ3n) is 1.84. The molecule has 1 rings (SSSR count). The highest BCUT2D eigenvalue weighted by Crippen LogP contribution is 1.94. The monoisotopic (exact) mass is 156 g/mol. The van der Waals surface area contributed by atoms with Gasteiger partial charge in [0.05, 0.1) is 0 Å². The fraction of sp³-hybridized carbons (Fsp3) is 0.571. The van der Waals surface area contributed by atoms with Gasteiger partial charge in [-0.15, -0.1) is 0 Å². The third kappa shape index (κ3) is 1.35. The van der Waals surface area contributed by atoms with E-state index in [-0.39, 0.29) is 12.2 Å². The second-order valence-corrected chi connectivity index (χ2v) is 2.49. The van der Waals surface area contributed by atoms with Crippen LogP contribution in [0, 0.1) is 0 Å². The Balaban J connectivity index is 3.08. The fourth-order valence-electron chi connectivity index (χ4n) is 1.02. The van der Waals surface area contributed by atoms with Crippen molar-refractivity contribution in [1.82, 2.24) is 9.36 Å². The Morgan fingerprint density at radius 2 is 2.09 bits per heavy atom. The van der Waals surface area contributed by atoms with Crippen LogP contribution >= 0.6 is 0 Å². The average Bonchev–Trinajstić information content (AvgIpc) is 2.19. The molecule has 0 amide bonds. The quantitative estimate of drug-likeness (QED) is 0.613. The standard InChI is InChI=1S/C7H12N2O2/c1-8-6(3-4-10)5-7(11)9(8)2/h5,10H,3-4H2,1-2H3. The molecular weight excluding hydrogens is 144 g/mol. The lowest BCUT2D eigenvalue weighted by atomic mass is 10.3. The van der Waals surface area contributed by atoms with Crippen LogP contribution in [0.5, 0.6) is 0 Å². The van der Waals surface area contributed by atoms with Crippen LogP contribution in [-0.4, -0.2) is 21.1 Å². The van der Waals surface area contributed by atoms with E-state index < -0.39 is 0 Å². The average molecular weight is 156 g/mol. The first-order valence-electron chi connectivity index (χ1n) is 3.49. The molecule has 1 N–H and O–H groups in total. The topological polar surface area (TPSA) is 47.2 Å². The maximum absolute atomic E-state index is 11.0. The second kappa shape index (κ2) is 2.92. The van der Waals surface area contributed by atoms with Crippen molar-refractivity contribution in [3.05, 3.63) is 22.1 Å². The van der Waals surface area contributed by atoms with Crippen molar-refractivity contribution in [3.8, 4) is 0 Å². The molecule has 1 aromatic rings. The summed E-state index contributed by atoms with van der Waals surface area (Å²) >= 11 is 0. The van der Waals surface area contributed by atoms with Crippen molar-refractivity contribution < 1.29 is 5.11 Å². The Hall–Kier alpha value is -1.03. The molecule has 0 aliphatic rings. The number of aliphatic hydroxyl groups is 1. The van der Waals surface area contributed by atoms with Crippen LogP contribution in [0.3, 0.4) is 0 Å². The summed E-state index contributed by atoms with van der Waals surface area (Å²) in [6, 6.07) is 1.54. The Bertz CT molecular complexity index is 298. The molecule has 0 aliphatic heterocycles. The van der Waals surface area contributed by atoms with E-state index in [1.165, 1.54) is 10.7 Å². The molecule has 0 aromatic carbocycles. The number of aromatic nitrogens is 2. The minimum atomic E-state index is -0.0315. The van der Waals surface area contributed by atoms with Gasteiger partial charge in [0.1, 0.15) is 0 Å². The van der Waals surface area contributed by atoms with Gasteiger partial charge in [0, 0.05) is 38.9 Å². The minimum Gasteiger partial charge on any atom is -0.396 e. The highest BCUT2D eigenvalue weighted by molar-refractivity contribution is 5.01. The number of rotatable bonds is 2. The molecule has 0 bridgehead atoms. The lowest BCUT2D eigenvalue weighted by molar-refractivity contribution is 0.295. The van der Waals surface area contributed by atoms with Crippen LogP contribution in [0.2, 0.25) is 0 Å². The summed E-state index contributed by atoms with van der Waals surface area (Å²) in [6.45, 7) is 0.0806. The van der Waals surface area contributed by atoms with Crippen LogP contribution in [0.15, 0.2) is 10.9 Å². The molecule has 62 valence electrons. The maximum Gasteiger partial charge on any atom is 0.266 e. The van der Waals surface area contributed by atoms with Crippen molar-refractivity contribution in [1.29, 1.82) is 0 Å². The number of aliphatic hydroxyl groups excluding tert-OH is 1. The summed E-state index contributed by atoms with van der Waals surface area (Å²) < 4.78 is 3.24. The Kier molecular flexibility index (Phi) is 2.14. The van der Waals surface area contributed by atoms with Gasteiger partial charge in [0.25, 0.3) is 5.56 Å². The van der Waals surface area contributed by atoms with Crippen molar-refractivity contribution >= 4 is 0 Å². The van der Waals surface area contributed by atoms with Crippen LogP contribution < -0.4 is 5.56 Å². The molecule has 0 atom stereocenters. The van der Waals surface area contributed by atoms with E-state index in [2.05, 4.69) is 0 Å². The molecule has 4 heteroatoms. The minimum absolute atomic E-state index is 0.0315. The van der Waals surface area contributed by atoms with Gasteiger partial charge < -0.3 is 5.11 Å². The molecule has 0 saturated carbocycles. The van der Waals surface area contributed by atoms with E-state index in [1.54, 1.807) is 18.8 Å². The molecule has 1 heterocycles. The Labute approximate surface area is 64.7 Å². The summed E-state index contributed by atoms with van der Waals surface area (Å²) in [6.07, 6.45) is 0.534. The second-order valence-electron chi connectivity index (χ2n) is 2.49. The highest BCUT2D eigenvalue weighted by Gasteiger charge is 2.02. The van der Waals surface area contributed by atoms with Gasteiger partial charge in [-0.05, 0) is 0 Å². The SMILES string of the molecule is Cn1c(CCO)cc(=O)n1C. The molecular formula is C7H12N2O2. The van der Waals surface area contributed by atoms with E-state index in [0.29, 0.717) is 6.42 Å². The van der Waals surface area contributed by atoms with Gasteiger partial charge in [-0.25, -0.2) is 0 Å². The molecule has 0 spiro atoms. The normalized spacial score (nSPS) is 10.5. The zero-order chi connectivity index (χ0) is 8.43. The van der Waals surface area contributed by atoms with E-state index >= 15 is 0 Å². The number of hydrogen-bond donors (Lipinski definition) is 1.